The van der Waals surface area contributed by atoms with Crippen molar-refractivity contribution in [2.24, 2.45) is 0 Å². The van der Waals surface area contributed by atoms with Crippen LogP contribution in [0.1, 0.15) is 49.5 Å². The number of aromatic nitrogens is 2. The van der Waals surface area contributed by atoms with Crippen LogP contribution in [-0.4, -0.2) is 40.5 Å². The van der Waals surface area contributed by atoms with E-state index in [9.17, 15) is 9.59 Å². The number of methoxy groups -OCH3 is 1. The van der Waals surface area contributed by atoms with Gasteiger partial charge in [-0.3, -0.25) is 14.2 Å². The molecule has 6 nitrogen and oxygen atoms in total. The molecule has 2 heterocycles. The molecule has 152 valence electrons. The van der Waals surface area contributed by atoms with E-state index < -0.39 is 0 Å². The van der Waals surface area contributed by atoms with Crippen molar-refractivity contribution in [3.8, 4) is 0 Å². The molecular weight excluding hydrogens is 394 g/mol. The van der Waals surface area contributed by atoms with E-state index >= 15 is 0 Å². The number of fused-ring (bicyclic) bond motifs is 3. The summed E-state index contributed by atoms with van der Waals surface area (Å²) in [7, 11) is 1.63. The first-order valence-electron chi connectivity index (χ1n) is 10.1. The summed E-state index contributed by atoms with van der Waals surface area (Å²) in [4.78, 5) is 32.8. The lowest BCUT2D eigenvalue weighted by Gasteiger charge is -2.18. The van der Waals surface area contributed by atoms with Crippen molar-refractivity contribution >= 4 is 39.2 Å². The van der Waals surface area contributed by atoms with Crippen LogP contribution in [0, 0.1) is 0 Å². The van der Waals surface area contributed by atoms with Crippen LogP contribution in [0.4, 0.5) is 0 Å². The normalized spacial score (nSPS) is 17.9. The van der Waals surface area contributed by atoms with Crippen LogP contribution >= 0.6 is 23.1 Å². The van der Waals surface area contributed by atoms with E-state index in [4.69, 9.17) is 9.72 Å². The largest absolute Gasteiger partial charge is 0.383 e. The summed E-state index contributed by atoms with van der Waals surface area (Å²) in [6.07, 6.45) is 7.61. The summed E-state index contributed by atoms with van der Waals surface area (Å²) in [6.45, 7) is 2.78. The maximum absolute atomic E-state index is 13.3. The first kappa shape index (κ1) is 19.9. The third kappa shape index (κ3) is 3.86. The number of carbonyl (C=O) groups excluding carboxylic acids is 1. The number of amides is 1. The molecule has 1 N–H and O–H groups in total. The van der Waals surface area contributed by atoms with Gasteiger partial charge in [0, 0.05) is 18.0 Å². The molecule has 2 aromatic rings. The quantitative estimate of drug-likeness (QED) is 0.549. The van der Waals surface area contributed by atoms with Crippen molar-refractivity contribution < 1.29 is 9.53 Å². The summed E-state index contributed by atoms with van der Waals surface area (Å²) >= 11 is 3.01. The van der Waals surface area contributed by atoms with Gasteiger partial charge in [0.15, 0.2) is 5.16 Å². The van der Waals surface area contributed by atoms with Crippen LogP contribution in [0.2, 0.25) is 0 Å². The average Bonchev–Trinajstić information content (AvgIpc) is 3.38. The molecule has 1 amide bonds. The molecule has 2 aliphatic rings. The molecule has 0 aromatic carbocycles. The average molecular weight is 422 g/mol. The lowest BCUT2D eigenvalue weighted by Crippen LogP contribution is -2.38. The number of hydrogen-bond donors (Lipinski definition) is 1. The van der Waals surface area contributed by atoms with Gasteiger partial charge in [0.2, 0.25) is 5.91 Å². The molecule has 1 saturated carbocycles. The van der Waals surface area contributed by atoms with Gasteiger partial charge < -0.3 is 10.1 Å². The molecule has 1 fully saturated rings. The van der Waals surface area contributed by atoms with Crippen molar-refractivity contribution in [2.45, 2.75) is 74.9 Å². The van der Waals surface area contributed by atoms with Gasteiger partial charge in [0.1, 0.15) is 4.83 Å². The van der Waals surface area contributed by atoms with E-state index in [-0.39, 0.29) is 16.7 Å². The molecule has 0 spiro atoms. The number of thioether (sulfide) groups is 1. The fourth-order valence-corrected chi connectivity index (χ4v) is 6.37. The molecular formula is C20H27N3O3S2. The van der Waals surface area contributed by atoms with E-state index in [0.717, 1.165) is 42.3 Å². The van der Waals surface area contributed by atoms with Crippen LogP contribution in [-0.2, 0) is 28.9 Å². The molecule has 0 unspecified atom stereocenters. The second-order valence-electron chi connectivity index (χ2n) is 7.63. The summed E-state index contributed by atoms with van der Waals surface area (Å²) < 4.78 is 6.91. The minimum atomic E-state index is -0.300. The number of ether oxygens (including phenoxy) is 1. The minimum Gasteiger partial charge on any atom is -0.383 e. The Bertz CT molecular complexity index is 931. The number of nitrogens with one attached hydrogen (secondary N) is 1. The van der Waals surface area contributed by atoms with Gasteiger partial charge in [-0.1, -0.05) is 24.6 Å². The Kier molecular flexibility index (Phi) is 6.08. The molecule has 8 heteroatoms. The molecule has 0 radical (unpaired) electrons. The lowest BCUT2D eigenvalue weighted by molar-refractivity contribution is -0.120. The first-order chi connectivity index (χ1) is 13.6. The van der Waals surface area contributed by atoms with E-state index in [1.807, 2.05) is 6.92 Å². The van der Waals surface area contributed by atoms with Gasteiger partial charge in [-0.2, -0.15) is 0 Å². The summed E-state index contributed by atoms with van der Waals surface area (Å²) in [5, 5.41) is 4.24. The van der Waals surface area contributed by atoms with Gasteiger partial charge >= 0.3 is 0 Å². The number of thiophene rings is 1. The van der Waals surface area contributed by atoms with E-state index in [2.05, 4.69) is 5.32 Å². The highest BCUT2D eigenvalue weighted by Gasteiger charge is 2.26. The van der Waals surface area contributed by atoms with Crippen molar-refractivity contribution in [2.75, 3.05) is 13.7 Å². The highest BCUT2D eigenvalue weighted by molar-refractivity contribution is 8.00. The highest BCUT2D eigenvalue weighted by atomic mass is 32.2. The SMILES string of the molecule is COCCn1c(S[C@@H](C)C(=O)NC2CCCC2)nc2sc3c(c2c1=O)CCC3. The van der Waals surface area contributed by atoms with Gasteiger partial charge in [0.05, 0.1) is 23.8 Å². The molecule has 0 bridgehead atoms. The van der Waals surface area contributed by atoms with Crippen molar-refractivity contribution in [1.82, 2.24) is 14.9 Å². The van der Waals surface area contributed by atoms with Gasteiger partial charge in [-0.15, -0.1) is 11.3 Å². The third-order valence-electron chi connectivity index (χ3n) is 5.66. The van der Waals surface area contributed by atoms with Crippen LogP contribution in [0.5, 0.6) is 0 Å². The Labute approximate surface area is 173 Å². The smallest absolute Gasteiger partial charge is 0.263 e. The van der Waals surface area contributed by atoms with Crippen LogP contribution in [0.15, 0.2) is 9.95 Å². The minimum absolute atomic E-state index is 0.00681. The first-order valence-corrected chi connectivity index (χ1v) is 11.8. The lowest BCUT2D eigenvalue weighted by atomic mass is 10.2. The maximum Gasteiger partial charge on any atom is 0.263 e. The van der Waals surface area contributed by atoms with Crippen molar-refractivity contribution in [3.63, 3.8) is 0 Å². The zero-order valence-electron chi connectivity index (χ0n) is 16.5. The van der Waals surface area contributed by atoms with Crippen LogP contribution in [0.25, 0.3) is 10.2 Å². The molecule has 28 heavy (non-hydrogen) atoms. The Morgan fingerprint density at radius 1 is 1.36 bits per heavy atom. The second-order valence-corrected chi connectivity index (χ2v) is 10.0. The fraction of sp³-hybridized carbons (Fsp3) is 0.650. The standard InChI is InChI=1S/C20H27N3O3S2/c1-12(17(24)21-13-6-3-4-7-13)27-20-22-18-16(14-8-5-9-15(14)28-18)19(25)23(20)10-11-26-2/h12-13H,3-11H2,1-2H3,(H,21,24)/t12-/m0/s1. The maximum atomic E-state index is 13.3. The molecule has 0 aliphatic heterocycles. The predicted molar refractivity (Wildman–Crippen MR) is 113 cm³/mol. The van der Waals surface area contributed by atoms with Crippen LogP contribution < -0.4 is 10.9 Å². The summed E-state index contributed by atoms with van der Waals surface area (Å²) in [6, 6.07) is 0.293. The van der Waals surface area contributed by atoms with E-state index in [1.54, 1.807) is 23.0 Å². The number of carbonyl (C=O) groups is 1. The second kappa shape index (κ2) is 8.55. The van der Waals surface area contributed by atoms with Gasteiger partial charge in [-0.05, 0) is 44.6 Å². The molecule has 2 aromatic heterocycles. The zero-order valence-corrected chi connectivity index (χ0v) is 18.1. The molecule has 1 atom stereocenters. The Hall–Kier alpha value is -1.38. The van der Waals surface area contributed by atoms with Gasteiger partial charge in [0.25, 0.3) is 5.56 Å². The third-order valence-corrected chi connectivity index (χ3v) is 7.94. The zero-order chi connectivity index (χ0) is 19.7. The topological polar surface area (TPSA) is 73.2 Å². The number of hydrogen-bond acceptors (Lipinski definition) is 6. The number of nitrogens with zero attached hydrogens (tertiary/aromatic N) is 2. The predicted octanol–water partition coefficient (Wildman–Crippen LogP) is 3.13. The highest BCUT2D eigenvalue weighted by Crippen LogP contribution is 2.36. The molecule has 0 saturated heterocycles. The van der Waals surface area contributed by atoms with Gasteiger partial charge in [-0.25, -0.2) is 4.98 Å². The molecule has 2 aliphatic carbocycles. The van der Waals surface area contributed by atoms with Crippen molar-refractivity contribution in [3.05, 3.63) is 20.8 Å². The van der Waals surface area contributed by atoms with E-state index in [0.29, 0.717) is 24.3 Å². The Morgan fingerprint density at radius 2 is 2.14 bits per heavy atom. The monoisotopic (exact) mass is 421 g/mol. The summed E-state index contributed by atoms with van der Waals surface area (Å²) in [5.41, 5.74) is 1.19. The Balaban J connectivity index is 1.63. The molecule has 4 rings (SSSR count). The fourth-order valence-electron chi connectivity index (χ4n) is 4.13. The van der Waals surface area contributed by atoms with Crippen LogP contribution in [0.3, 0.4) is 0 Å². The number of rotatable bonds is 7. The number of aryl methyl sites for hydroxylation is 2. The van der Waals surface area contributed by atoms with E-state index in [1.165, 1.54) is 35.0 Å². The van der Waals surface area contributed by atoms with Crippen molar-refractivity contribution in [1.29, 1.82) is 0 Å². The summed E-state index contributed by atoms with van der Waals surface area (Å²) in [5.74, 6) is 0.0261. The Morgan fingerprint density at radius 3 is 2.89 bits per heavy atom.